The van der Waals surface area contributed by atoms with Crippen LogP contribution in [0.2, 0.25) is 0 Å². The van der Waals surface area contributed by atoms with Gasteiger partial charge in [-0.25, -0.2) is 0 Å². The number of hydrogen-bond acceptors (Lipinski definition) is 3. The fraction of sp³-hybridized carbons (Fsp3) is 0.387. The van der Waals surface area contributed by atoms with Crippen molar-refractivity contribution in [1.29, 1.82) is 0 Å². The number of nitrogens with zero attached hydrogens (tertiary/aromatic N) is 2. The monoisotopic (exact) mass is 867 g/mol. The Morgan fingerprint density at radius 1 is 0.530 bits per heavy atom. The second-order valence-corrected chi connectivity index (χ2v) is 24.7. The van der Waals surface area contributed by atoms with Crippen LogP contribution in [0.4, 0.5) is 28.4 Å². The van der Waals surface area contributed by atoms with Gasteiger partial charge in [-0.05, 0) is 146 Å². The molecule has 6 aromatic carbocycles. The predicted octanol–water partition coefficient (Wildman–Crippen LogP) is 15.1. The summed E-state index contributed by atoms with van der Waals surface area (Å²) in [5.41, 5.74) is 23.3. The van der Waals surface area contributed by atoms with Gasteiger partial charge in [-0.3, -0.25) is 0 Å². The highest BCUT2D eigenvalue weighted by Gasteiger charge is 2.62. The molecule has 0 saturated heterocycles. The van der Waals surface area contributed by atoms with Crippen LogP contribution in [0.3, 0.4) is 0 Å². The van der Waals surface area contributed by atoms with E-state index >= 15 is 0 Å². The molecule has 4 heteroatoms. The highest BCUT2D eigenvalue weighted by molar-refractivity contribution is 7.00. The fourth-order valence-electron chi connectivity index (χ4n) is 13.4. The molecular weight excluding hydrogens is 800 g/mol. The zero-order valence-corrected chi connectivity index (χ0v) is 41.6. The molecule has 1 aromatic heterocycles. The summed E-state index contributed by atoms with van der Waals surface area (Å²) in [5, 5.41) is 1.21. The number of fused-ring (bicyclic) bond motifs is 10. The van der Waals surface area contributed by atoms with Gasteiger partial charge in [0.05, 0.1) is 22.6 Å². The minimum Gasteiger partial charge on any atom is -0.468 e. The molecule has 334 valence electrons. The average Bonchev–Trinajstić information content (AvgIpc) is 3.76. The van der Waals surface area contributed by atoms with E-state index in [9.17, 15) is 0 Å². The minimum atomic E-state index is -0.106. The topological polar surface area (TPSA) is 19.6 Å². The van der Waals surface area contributed by atoms with Gasteiger partial charge in [0.2, 0.25) is 0 Å². The molecule has 2 aliphatic carbocycles. The molecule has 0 amide bonds. The zero-order chi connectivity index (χ0) is 46.1. The Morgan fingerprint density at radius 2 is 1.15 bits per heavy atom. The quantitative estimate of drug-likeness (QED) is 0.165. The van der Waals surface area contributed by atoms with E-state index in [2.05, 4.69) is 208 Å². The van der Waals surface area contributed by atoms with Crippen LogP contribution in [-0.2, 0) is 27.1 Å². The molecule has 0 bridgehead atoms. The average molecular weight is 867 g/mol. The molecule has 0 N–H and O–H groups in total. The molecule has 66 heavy (non-hydrogen) atoms. The van der Waals surface area contributed by atoms with Gasteiger partial charge >= 0.3 is 0 Å². The maximum absolute atomic E-state index is 7.74. The van der Waals surface area contributed by atoms with E-state index in [1.54, 1.807) is 0 Å². The van der Waals surface area contributed by atoms with Crippen LogP contribution in [-0.4, -0.2) is 12.3 Å². The van der Waals surface area contributed by atoms with Crippen LogP contribution in [0.25, 0.3) is 33.2 Å². The molecule has 0 radical (unpaired) electrons. The Morgan fingerprint density at radius 3 is 1.82 bits per heavy atom. The number of benzene rings is 6. The number of furan rings is 1. The van der Waals surface area contributed by atoms with Crippen molar-refractivity contribution in [2.45, 2.75) is 154 Å². The number of hydrogen-bond donors (Lipinski definition) is 0. The third kappa shape index (κ3) is 5.69. The smallest absolute Gasteiger partial charge is 0.297 e. The number of rotatable bonds is 3. The molecule has 0 spiro atoms. The maximum Gasteiger partial charge on any atom is 0.297 e. The minimum absolute atomic E-state index is 0.0183. The summed E-state index contributed by atoms with van der Waals surface area (Å²) in [7, 11) is 0. The summed E-state index contributed by atoms with van der Waals surface area (Å²) in [4.78, 5) is 5.55. The standard InChI is InChI=1S/C62H67BN2O/c1-57(2,3)41-25-26-49(43(33-41)39-23-17-14-18-24-39)64-50-31-40(38-21-15-13-16-22-38)32-51-53(50)63(56-54(64)44-36-45-46(37-52(44)66-56)60(9,10)30-29-59(45,7)8)48-35-42(58(4,5)6)34-47-55(48)65(51)62(12)28-20-19-27-61(47,62)11/h13-18,21-26,31-37H,19-20,27-30H2,1-12H3. The lowest BCUT2D eigenvalue weighted by Gasteiger charge is -2.52. The molecule has 1 fully saturated rings. The van der Waals surface area contributed by atoms with Crippen LogP contribution in [0.1, 0.15) is 149 Å². The van der Waals surface area contributed by atoms with E-state index < -0.39 is 0 Å². The van der Waals surface area contributed by atoms with Gasteiger partial charge in [-0.2, -0.15) is 0 Å². The lowest BCUT2D eigenvalue weighted by molar-refractivity contribution is 0.195. The van der Waals surface area contributed by atoms with Crippen molar-refractivity contribution in [3.8, 4) is 22.3 Å². The zero-order valence-electron chi connectivity index (χ0n) is 41.6. The molecule has 5 aliphatic rings. The number of anilines is 5. The van der Waals surface area contributed by atoms with Crippen molar-refractivity contribution >= 4 is 62.7 Å². The summed E-state index contributed by atoms with van der Waals surface area (Å²) >= 11 is 0. The first-order valence-electron chi connectivity index (χ1n) is 25.1. The lowest BCUT2D eigenvalue weighted by atomic mass is 9.35. The molecule has 3 aliphatic heterocycles. The predicted molar refractivity (Wildman–Crippen MR) is 282 cm³/mol. The Hall–Kier alpha value is -5.48. The Kier molecular flexibility index (Phi) is 8.63. The van der Waals surface area contributed by atoms with Crippen molar-refractivity contribution in [2.24, 2.45) is 0 Å². The van der Waals surface area contributed by atoms with E-state index in [0.717, 1.165) is 30.5 Å². The second kappa shape index (κ2) is 13.6. The van der Waals surface area contributed by atoms with E-state index in [0.29, 0.717) is 0 Å². The Balaban J connectivity index is 1.27. The van der Waals surface area contributed by atoms with E-state index in [4.69, 9.17) is 4.42 Å². The summed E-state index contributed by atoms with van der Waals surface area (Å²) in [6.45, 7) is 29.1. The largest absolute Gasteiger partial charge is 0.468 e. The second-order valence-electron chi connectivity index (χ2n) is 24.7. The third-order valence-corrected chi connectivity index (χ3v) is 17.8. The molecule has 7 aromatic rings. The van der Waals surface area contributed by atoms with E-state index in [1.807, 2.05) is 0 Å². The van der Waals surface area contributed by atoms with E-state index in [1.165, 1.54) is 114 Å². The first kappa shape index (κ1) is 41.9. The van der Waals surface area contributed by atoms with Crippen molar-refractivity contribution < 1.29 is 4.42 Å². The third-order valence-electron chi connectivity index (χ3n) is 17.8. The maximum atomic E-state index is 7.74. The van der Waals surface area contributed by atoms with Crippen LogP contribution < -0.4 is 26.4 Å². The fourth-order valence-corrected chi connectivity index (χ4v) is 13.4. The van der Waals surface area contributed by atoms with Gasteiger partial charge in [0.25, 0.3) is 6.71 Å². The molecule has 1 saturated carbocycles. The van der Waals surface area contributed by atoms with Crippen LogP contribution in [0, 0.1) is 0 Å². The van der Waals surface area contributed by atoms with Crippen LogP contribution in [0.15, 0.2) is 120 Å². The van der Waals surface area contributed by atoms with Gasteiger partial charge in [-0.15, -0.1) is 0 Å². The Bertz CT molecular complexity index is 3160. The van der Waals surface area contributed by atoms with Crippen molar-refractivity contribution in [2.75, 3.05) is 9.80 Å². The van der Waals surface area contributed by atoms with Gasteiger partial charge in [-0.1, -0.05) is 168 Å². The van der Waals surface area contributed by atoms with Gasteiger partial charge in [0.1, 0.15) is 5.58 Å². The SMILES string of the molecule is CC(C)(C)c1ccc(N2c3cc(-c4ccccc4)cc4c3B(c3cc(C(C)(C)C)cc5c3N4C3(C)CCCCC53C)c3oc4cc5c(cc4c32)C(C)(C)CCC5(C)C)c(-c2ccccc2)c1. The highest BCUT2D eigenvalue weighted by atomic mass is 16.3. The summed E-state index contributed by atoms with van der Waals surface area (Å²) in [5.74, 6) is 0. The molecule has 4 heterocycles. The highest BCUT2D eigenvalue weighted by Crippen LogP contribution is 2.63. The molecule has 12 rings (SSSR count). The van der Waals surface area contributed by atoms with Crippen molar-refractivity contribution in [3.63, 3.8) is 0 Å². The van der Waals surface area contributed by atoms with Gasteiger partial charge in [0, 0.05) is 33.4 Å². The molecule has 2 unspecified atom stereocenters. The first-order valence-corrected chi connectivity index (χ1v) is 25.1. The van der Waals surface area contributed by atoms with Crippen LogP contribution in [0.5, 0.6) is 0 Å². The summed E-state index contributed by atoms with van der Waals surface area (Å²) in [6.07, 6.45) is 7.14. The van der Waals surface area contributed by atoms with Gasteiger partial charge in [0.15, 0.2) is 0 Å². The molecular formula is C62H67BN2O. The molecule has 2 atom stereocenters. The summed E-state index contributed by atoms with van der Waals surface area (Å²) < 4.78 is 7.74. The lowest BCUT2D eigenvalue weighted by Crippen LogP contribution is -2.64. The first-order chi connectivity index (χ1) is 31.2. The van der Waals surface area contributed by atoms with Crippen molar-refractivity contribution in [3.05, 3.63) is 143 Å². The Labute approximate surface area is 394 Å². The van der Waals surface area contributed by atoms with Gasteiger partial charge < -0.3 is 14.2 Å². The van der Waals surface area contributed by atoms with Crippen molar-refractivity contribution in [1.82, 2.24) is 0 Å². The normalized spacial score (nSPS) is 22.2. The molecule has 3 nitrogen and oxygen atoms in total. The van der Waals surface area contributed by atoms with E-state index in [-0.39, 0.29) is 39.3 Å². The van der Waals surface area contributed by atoms with Crippen LogP contribution >= 0.6 is 0 Å². The summed E-state index contributed by atoms with van der Waals surface area (Å²) in [6, 6.07) is 44.9.